The molecule has 0 radical (unpaired) electrons. The first-order chi connectivity index (χ1) is 9.92. The van der Waals surface area contributed by atoms with E-state index in [9.17, 15) is 9.90 Å². The lowest BCUT2D eigenvalue weighted by Crippen LogP contribution is -2.38. The molecule has 0 fully saturated rings. The molecular weight excluding hydrogens is 268 g/mol. The van der Waals surface area contributed by atoms with Crippen LogP contribution in [0.15, 0.2) is 24.3 Å². The Bertz CT molecular complexity index is 434. The number of nitrogens with one attached hydrogen (secondary N) is 1. The van der Waals surface area contributed by atoms with E-state index < -0.39 is 6.10 Å². The Morgan fingerprint density at radius 3 is 2.52 bits per heavy atom. The van der Waals surface area contributed by atoms with Gasteiger partial charge in [-0.2, -0.15) is 0 Å². The van der Waals surface area contributed by atoms with E-state index in [1.54, 1.807) is 24.3 Å². The van der Waals surface area contributed by atoms with Gasteiger partial charge >= 0.3 is 0 Å². The van der Waals surface area contributed by atoms with E-state index in [-0.39, 0.29) is 12.5 Å². The fraction of sp³-hybridized carbons (Fsp3) is 0.562. The van der Waals surface area contributed by atoms with E-state index in [1.165, 1.54) is 6.92 Å². The van der Waals surface area contributed by atoms with Gasteiger partial charge in [-0.3, -0.25) is 4.79 Å². The van der Waals surface area contributed by atoms with Crippen LogP contribution in [-0.2, 0) is 4.79 Å². The molecule has 2 N–H and O–H groups in total. The zero-order valence-corrected chi connectivity index (χ0v) is 13.3. The maximum absolute atomic E-state index is 10.9. The van der Waals surface area contributed by atoms with Gasteiger partial charge in [0, 0.05) is 25.2 Å². The zero-order valence-electron chi connectivity index (χ0n) is 13.3. The molecule has 0 saturated carbocycles. The van der Waals surface area contributed by atoms with Crippen LogP contribution in [0, 0.1) is 0 Å². The van der Waals surface area contributed by atoms with Crippen molar-refractivity contribution in [3.05, 3.63) is 24.3 Å². The van der Waals surface area contributed by atoms with Crippen molar-refractivity contribution >= 4 is 11.6 Å². The number of carbonyl (C=O) groups excluding carboxylic acids is 1. The second kappa shape index (κ2) is 8.64. The molecular formula is C16H26N2O3. The number of aliphatic hydroxyl groups is 1. The number of anilines is 1. The van der Waals surface area contributed by atoms with Gasteiger partial charge in [0.05, 0.1) is 0 Å². The van der Waals surface area contributed by atoms with Gasteiger partial charge in [0.25, 0.3) is 0 Å². The van der Waals surface area contributed by atoms with Gasteiger partial charge in [-0.25, -0.2) is 0 Å². The van der Waals surface area contributed by atoms with Crippen LogP contribution in [-0.4, -0.2) is 48.3 Å². The van der Waals surface area contributed by atoms with E-state index in [4.69, 9.17) is 4.74 Å². The van der Waals surface area contributed by atoms with Crippen molar-refractivity contribution in [3.8, 4) is 5.75 Å². The summed E-state index contributed by atoms with van der Waals surface area (Å²) in [6.07, 6.45) is 0.522. The molecule has 0 spiro atoms. The van der Waals surface area contributed by atoms with Crippen molar-refractivity contribution in [2.75, 3.05) is 25.5 Å². The van der Waals surface area contributed by atoms with Crippen LogP contribution in [0.5, 0.6) is 5.75 Å². The summed E-state index contributed by atoms with van der Waals surface area (Å²) in [4.78, 5) is 13.0. The van der Waals surface area contributed by atoms with Crippen LogP contribution in [0.3, 0.4) is 0 Å². The Labute approximate surface area is 126 Å². The minimum atomic E-state index is -0.529. The number of benzene rings is 1. The van der Waals surface area contributed by atoms with E-state index in [0.29, 0.717) is 18.3 Å². The Balaban J connectivity index is 2.39. The molecule has 1 aromatic carbocycles. The Morgan fingerprint density at radius 1 is 1.38 bits per heavy atom. The molecule has 5 nitrogen and oxygen atoms in total. The molecule has 0 saturated heterocycles. The van der Waals surface area contributed by atoms with Crippen molar-refractivity contribution in [3.63, 3.8) is 0 Å². The smallest absolute Gasteiger partial charge is 0.221 e. The molecule has 0 heterocycles. The lowest BCUT2D eigenvalue weighted by atomic mass is 10.2. The summed E-state index contributed by atoms with van der Waals surface area (Å²) >= 11 is 0. The predicted molar refractivity (Wildman–Crippen MR) is 84.6 cm³/mol. The third kappa shape index (κ3) is 6.60. The second-order valence-electron chi connectivity index (χ2n) is 5.37. The van der Waals surface area contributed by atoms with Crippen LogP contribution in [0.2, 0.25) is 0 Å². The number of hydrogen-bond acceptors (Lipinski definition) is 4. The van der Waals surface area contributed by atoms with Crippen molar-refractivity contribution in [2.24, 2.45) is 0 Å². The highest BCUT2D eigenvalue weighted by Crippen LogP contribution is 2.16. The highest BCUT2D eigenvalue weighted by molar-refractivity contribution is 5.88. The van der Waals surface area contributed by atoms with Crippen LogP contribution < -0.4 is 10.1 Å². The number of ether oxygens (including phenoxy) is 1. The second-order valence-corrected chi connectivity index (χ2v) is 5.37. The van der Waals surface area contributed by atoms with E-state index >= 15 is 0 Å². The summed E-state index contributed by atoms with van der Waals surface area (Å²) in [5.74, 6) is 0.571. The summed E-state index contributed by atoms with van der Waals surface area (Å²) in [5, 5.41) is 12.7. The van der Waals surface area contributed by atoms with E-state index in [0.717, 1.165) is 12.1 Å². The van der Waals surface area contributed by atoms with Crippen LogP contribution >= 0.6 is 0 Å². The minimum Gasteiger partial charge on any atom is -0.491 e. The molecule has 1 amide bonds. The van der Waals surface area contributed by atoms with Gasteiger partial charge in [0.1, 0.15) is 18.5 Å². The molecule has 0 aliphatic carbocycles. The maximum Gasteiger partial charge on any atom is 0.221 e. The molecule has 5 heteroatoms. The number of nitrogens with zero attached hydrogens (tertiary/aromatic N) is 1. The number of carbonyl (C=O) groups is 1. The largest absolute Gasteiger partial charge is 0.491 e. The molecule has 0 aliphatic heterocycles. The SMILES string of the molecule is CCC(C)N(C)CC(O)COc1ccc(NC(C)=O)cc1. The first-order valence-electron chi connectivity index (χ1n) is 7.31. The Morgan fingerprint density at radius 2 is 2.00 bits per heavy atom. The number of rotatable bonds is 8. The topological polar surface area (TPSA) is 61.8 Å². The third-order valence-electron chi connectivity index (χ3n) is 3.46. The first-order valence-corrected chi connectivity index (χ1v) is 7.31. The highest BCUT2D eigenvalue weighted by Gasteiger charge is 2.13. The summed E-state index contributed by atoms with van der Waals surface area (Å²) in [6.45, 7) is 6.56. The van der Waals surface area contributed by atoms with E-state index in [2.05, 4.69) is 24.1 Å². The first kappa shape index (κ1) is 17.5. The fourth-order valence-corrected chi connectivity index (χ4v) is 1.91. The van der Waals surface area contributed by atoms with Gasteiger partial charge in [-0.05, 0) is 44.7 Å². The number of likely N-dealkylation sites (N-methyl/N-ethyl adjacent to an activating group) is 1. The fourth-order valence-electron chi connectivity index (χ4n) is 1.91. The lowest BCUT2D eigenvalue weighted by molar-refractivity contribution is -0.114. The van der Waals surface area contributed by atoms with Gasteiger partial charge in [0.2, 0.25) is 5.91 Å². The quantitative estimate of drug-likeness (QED) is 0.771. The number of amides is 1. The van der Waals surface area contributed by atoms with Gasteiger partial charge < -0.3 is 20.1 Å². The molecule has 2 unspecified atom stereocenters. The third-order valence-corrected chi connectivity index (χ3v) is 3.46. The van der Waals surface area contributed by atoms with Crippen LogP contribution in [0.1, 0.15) is 27.2 Å². The molecule has 118 valence electrons. The summed E-state index contributed by atoms with van der Waals surface area (Å²) in [7, 11) is 2.00. The normalized spacial score (nSPS) is 13.8. The van der Waals surface area contributed by atoms with Crippen molar-refractivity contribution in [1.82, 2.24) is 4.90 Å². The molecule has 0 bridgehead atoms. The lowest BCUT2D eigenvalue weighted by Gasteiger charge is -2.26. The molecule has 0 aliphatic rings. The molecule has 21 heavy (non-hydrogen) atoms. The molecule has 1 aromatic rings. The zero-order chi connectivity index (χ0) is 15.8. The standard InChI is InChI=1S/C16H26N2O3/c1-5-12(2)18(4)10-15(20)11-21-16-8-6-14(7-9-16)17-13(3)19/h6-9,12,15,20H,5,10-11H2,1-4H3,(H,17,19). The monoisotopic (exact) mass is 294 g/mol. The Kier molecular flexibility index (Phi) is 7.19. The predicted octanol–water partition coefficient (Wildman–Crippen LogP) is 2.11. The molecule has 2 atom stereocenters. The number of hydrogen-bond donors (Lipinski definition) is 2. The average Bonchev–Trinajstić information content (AvgIpc) is 2.45. The summed E-state index contributed by atoms with van der Waals surface area (Å²) < 4.78 is 5.55. The summed E-state index contributed by atoms with van der Waals surface area (Å²) in [5.41, 5.74) is 0.729. The van der Waals surface area contributed by atoms with Crippen molar-refractivity contribution in [2.45, 2.75) is 39.3 Å². The van der Waals surface area contributed by atoms with Crippen LogP contribution in [0.25, 0.3) is 0 Å². The Hall–Kier alpha value is -1.59. The number of aliphatic hydroxyl groups excluding tert-OH is 1. The van der Waals surface area contributed by atoms with E-state index in [1.807, 2.05) is 7.05 Å². The van der Waals surface area contributed by atoms with Gasteiger partial charge in [0.15, 0.2) is 0 Å². The van der Waals surface area contributed by atoms with Gasteiger partial charge in [-0.1, -0.05) is 6.92 Å². The maximum atomic E-state index is 10.9. The van der Waals surface area contributed by atoms with Crippen molar-refractivity contribution in [1.29, 1.82) is 0 Å². The minimum absolute atomic E-state index is 0.104. The average molecular weight is 294 g/mol. The molecule has 0 aromatic heterocycles. The van der Waals surface area contributed by atoms with Crippen molar-refractivity contribution < 1.29 is 14.6 Å². The van der Waals surface area contributed by atoms with Gasteiger partial charge in [-0.15, -0.1) is 0 Å². The molecule has 1 rings (SSSR count). The summed E-state index contributed by atoms with van der Waals surface area (Å²) in [6, 6.07) is 7.53. The van der Waals surface area contributed by atoms with Crippen LogP contribution in [0.4, 0.5) is 5.69 Å². The highest BCUT2D eigenvalue weighted by atomic mass is 16.5.